The molecule has 0 fully saturated rings. The number of amides is 1. The van der Waals surface area contributed by atoms with Crippen LogP contribution in [0.4, 0.5) is 0 Å². The molecule has 7 heteroatoms. The van der Waals surface area contributed by atoms with E-state index in [-0.39, 0.29) is 4.90 Å². The predicted octanol–water partition coefficient (Wildman–Crippen LogP) is -1.23. The number of carbonyl (C=O) groups excluding carboxylic acids is 1. The summed E-state index contributed by atoms with van der Waals surface area (Å²) in [4.78, 5) is 10.4. The van der Waals surface area contributed by atoms with Crippen molar-refractivity contribution >= 4 is 15.9 Å². The van der Waals surface area contributed by atoms with E-state index in [0.29, 0.717) is 0 Å². The van der Waals surface area contributed by atoms with Crippen molar-refractivity contribution in [2.24, 2.45) is 5.73 Å². The molecule has 0 aromatic heterocycles. The minimum atomic E-state index is -3.91. The van der Waals surface area contributed by atoms with Crippen LogP contribution in [0.2, 0.25) is 0 Å². The van der Waals surface area contributed by atoms with Gasteiger partial charge in [0, 0.05) is 0 Å². The Morgan fingerprint density at radius 3 is 2.33 bits per heavy atom. The van der Waals surface area contributed by atoms with Crippen LogP contribution in [0.15, 0.2) is 35.2 Å². The number of hydrogen-bond donors (Lipinski definition) is 3. The van der Waals surface area contributed by atoms with E-state index in [0.717, 1.165) is 0 Å². The molecule has 1 atom stereocenters. The average molecular weight is 230 g/mol. The van der Waals surface area contributed by atoms with E-state index in [1.807, 2.05) is 0 Å². The molecule has 0 spiro atoms. The normalized spacial score (nSPS) is 13.4. The van der Waals surface area contributed by atoms with Gasteiger partial charge < -0.3 is 10.8 Å². The van der Waals surface area contributed by atoms with Gasteiger partial charge in [-0.3, -0.25) is 4.79 Å². The van der Waals surface area contributed by atoms with Crippen LogP contribution in [0.3, 0.4) is 0 Å². The number of rotatable bonds is 4. The number of nitrogens with two attached hydrogens (primary N) is 1. The van der Waals surface area contributed by atoms with E-state index in [1.54, 1.807) is 10.8 Å². The fraction of sp³-hybridized carbons (Fsp3) is 0.125. The van der Waals surface area contributed by atoms with E-state index >= 15 is 0 Å². The van der Waals surface area contributed by atoms with E-state index < -0.39 is 22.2 Å². The van der Waals surface area contributed by atoms with Crippen LogP contribution < -0.4 is 10.5 Å². The second-order valence-electron chi connectivity index (χ2n) is 2.74. The molecule has 0 aliphatic carbocycles. The zero-order valence-electron chi connectivity index (χ0n) is 7.62. The molecule has 0 saturated carbocycles. The van der Waals surface area contributed by atoms with Crippen molar-refractivity contribution in [2.45, 2.75) is 11.1 Å². The molecular formula is C8H10N2O4S. The monoisotopic (exact) mass is 230 g/mol. The molecule has 0 heterocycles. The molecule has 1 rings (SSSR count). The van der Waals surface area contributed by atoms with Gasteiger partial charge in [0.05, 0.1) is 4.90 Å². The Balaban J connectivity index is 2.91. The third-order valence-corrected chi connectivity index (χ3v) is 3.02. The zero-order chi connectivity index (χ0) is 11.5. The topological polar surface area (TPSA) is 109 Å². The Labute approximate surface area is 86.8 Å². The Bertz CT molecular complexity index is 443. The minimum absolute atomic E-state index is 0.0506. The van der Waals surface area contributed by atoms with Crippen molar-refractivity contribution in [1.29, 1.82) is 0 Å². The Morgan fingerprint density at radius 1 is 1.33 bits per heavy atom. The molecule has 6 nitrogen and oxygen atoms in total. The first kappa shape index (κ1) is 11.6. The lowest BCUT2D eigenvalue weighted by Gasteiger charge is -2.09. The number of carbonyl (C=O) groups is 1. The summed E-state index contributed by atoms with van der Waals surface area (Å²) >= 11 is 0. The molecule has 0 radical (unpaired) electrons. The smallest absolute Gasteiger partial charge is 0.262 e. The van der Waals surface area contributed by atoms with Crippen LogP contribution in [0.5, 0.6) is 0 Å². The van der Waals surface area contributed by atoms with Crippen molar-refractivity contribution in [3.05, 3.63) is 30.3 Å². The fourth-order valence-corrected chi connectivity index (χ4v) is 1.93. The molecule has 15 heavy (non-hydrogen) atoms. The average Bonchev–Trinajstić information content (AvgIpc) is 2.18. The number of sulfonamides is 1. The zero-order valence-corrected chi connectivity index (χ0v) is 8.44. The van der Waals surface area contributed by atoms with Crippen molar-refractivity contribution in [3.63, 3.8) is 0 Å². The lowest BCUT2D eigenvalue weighted by molar-refractivity contribution is -0.126. The SMILES string of the molecule is NC(=O)C(O)NS(=O)(=O)c1ccccc1. The van der Waals surface area contributed by atoms with Gasteiger partial charge in [-0.05, 0) is 12.1 Å². The maximum absolute atomic E-state index is 11.5. The first-order valence-corrected chi connectivity index (χ1v) is 5.46. The van der Waals surface area contributed by atoms with Crippen LogP contribution in [0, 0.1) is 0 Å². The molecule has 4 N–H and O–H groups in total. The summed E-state index contributed by atoms with van der Waals surface area (Å²) in [5, 5.41) is 8.96. The molecule has 0 aliphatic rings. The van der Waals surface area contributed by atoms with Gasteiger partial charge in [0.25, 0.3) is 5.91 Å². The highest BCUT2D eigenvalue weighted by molar-refractivity contribution is 7.89. The summed E-state index contributed by atoms with van der Waals surface area (Å²) in [5.74, 6) is -1.16. The molecule has 82 valence electrons. The largest absolute Gasteiger partial charge is 0.369 e. The van der Waals surface area contributed by atoms with E-state index in [1.165, 1.54) is 24.3 Å². The van der Waals surface area contributed by atoms with Crippen molar-refractivity contribution in [2.75, 3.05) is 0 Å². The van der Waals surface area contributed by atoms with Crippen molar-refractivity contribution in [3.8, 4) is 0 Å². The Hall–Kier alpha value is -1.44. The number of benzene rings is 1. The summed E-state index contributed by atoms with van der Waals surface area (Å²) in [5.41, 5.74) is 4.71. The van der Waals surface area contributed by atoms with Gasteiger partial charge in [0.15, 0.2) is 6.23 Å². The van der Waals surface area contributed by atoms with Gasteiger partial charge in [-0.2, -0.15) is 4.72 Å². The molecule has 0 bridgehead atoms. The maximum Gasteiger partial charge on any atom is 0.262 e. The quantitative estimate of drug-likeness (QED) is 0.562. The number of hydrogen-bond acceptors (Lipinski definition) is 4. The highest BCUT2D eigenvalue weighted by Gasteiger charge is 2.21. The number of primary amides is 1. The molecule has 1 aromatic carbocycles. The third kappa shape index (κ3) is 3.01. The van der Waals surface area contributed by atoms with Crippen LogP contribution in [0.25, 0.3) is 0 Å². The fourth-order valence-electron chi connectivity index (χ4n) is 0.873. The number of aliphatic hydroxyl groups excluding tert-OH is 1. The Kier molecular flexibility index (Phi) is 3.40. The van der Waals surface area contributed by atoms with Crippen LogP contribution in [-0.2, 0) is 14.8 Å². The maximum atomic E-state index is 11.5. The van der Waals surface area contributed by atoms with Crippen LogP contribution in [-0.4, -0.2) is 25.7 Å². The molecule has 0 saturated heterocycles. The molecule has 0 aliphatic heterocycles. The highest BCUT2D eigenvalue weighted by Crippen LogP contribution is 2.07. The Morgan fingerprint density at radius 2 is 1.87 bits per heavy atom. The third-order valence-electron chi connectivity index (χ3n) is 1.59. The predicted molar refractivity (Wildman–Crippen MR) is 52.0 cm³/mol. The molecule has 1 aromatic rings. The van der Waals surface area contributed by atoms with Crippen LogP contribution in [0.1, 0.15) is 0 Å². The van der Waals surface area contributed by atoms with Crippen molar-refractivity contribution < 1.29 is 18.3 Å². The molecule has 1 amide bonds. The number of nitrogens with one attached hydrogen (secondary N) is 1. The summed E-state index contributed by atoms with van der Waals surface area (Å²) in [6.07, 6.45) is -1.92. The summed E-state index contributed by atoms with van der Waals surface area (Å²) in [6.45, 7) is 0. The van der Waals surface area contributed by atoms with Gasteiger partial charge >= 0.3 is 0 Å². The van der Waals surface area contributed by atoms with E-state index in [2.05, 4.69) is 0 Å². The summed E-state index contributed by atoms with van der Waals surface area (Å²) < 4.78 is 24.7. The lowest BCUT2D eigenvalue weighted by Crippen LogP contribution is -2.44. The molecular weight excluding hydrogens is 220 g/mol. The highest BCUT2D eigenvalue weighted by atomic mass is 32.2. The standard InChI is InChI=1S/C8H10N2O4S/c9-7(11)8(12)10-15(13,14)6-4-2-1-3-5-6/h1-5,8,10,12H,(H2,9,11). The first-order chi connectivity index (χ1) is 6.93. The van der Waals surface area contributed by atoms with Crippen LogP contribution >= 0.6 is 0 Å². The van der Waals surface area contributed by atoms with Gasteiger partial charge in [0.2, 0.25) is 10.0 Å². The molecule has 1 unspecified atom stereocenters. The van der Waals surface area contributed by atoms with Crippen molar-refractivity contribution in [1.82, 2.24) is 4.72 Å². The van der Waals surface area contributed by atoms with Gasteiger partial charge in [0.1, 0.15) is 0 Å². The first-order valence-electron chi connectivity index (χ1n) is 3.98. The summed E-state index contributed by atoms with van der Waals surface area (Å²) in [7, 11) is -3.91. The van der Waals surface area contributed by atoms with Gasteiger partial charge in [-0.1, -0.05) is 18.2 Å². The van der Waals surface area contributed by atoms with E-state index in [9.17, 15) is 13.2 Å². The summed E-state index contributed by atoms with van der Waals surface area (Å²) in [6, 6.07) is 7.34. The van der Waals surface area contributed by atoms with Gasteiger partial charge in [-0.15, -0.1) is 0 Å². The second kappa shape index (κ2) is 4.39. The second-order valence-corrected chi connectivity index (χ2v) is 4.45. The number of aliphatic hydroxyl groups is 1. The lowest BCUT2D eigenvalue weighted by atomic mass is 10.4. The minimum Gasteiger partial charge on any atom is -0.369 e. The van der Waals surface area contributed by atoms with Gasteiger partial charge in [-0.25, -0.2) is 8.42 Å². The van der Waals surface area contributed by atoms with E-state index in [4.69, 9.17) is 10.8 Å².